The molecule has 0 amide bonds. The minimum atomic E-state index is -2.78. The molecule has 10 unspecified atom stereocenters. The minimum absolute atomic E-state index is 0.149. The third-order valence-electron chi connectivity index (χ3n) is 16.4. The van der Waals surface area contributed by atoms with Crippen molar-refractivity contribution in [3.63, 3.8) is 0 Å². The number of furan rings is 1. The second-order valence-electron chi connectivity index (χ2n) is 19.0. The number of cyclic esters (lactones) is 1. The number of esters is 5. The summed E-state index contributed by atoms with van der Waals surface area (Å²) in [5, 5.41) is 27.8. The highest BCUT2D eigenvalue weighted by Gasteiger charge is 3.07. The molecule has 2 N–H and O–H groups in total. The maximum Gasteiger partial charge on any atom is 0.341 e. The molecule has 4 aliphatic carbocycles. The van der Waals surface area contributed by atoms with Crippen molar-refractivity contribution >= 4 is 29.8 Å². The maximum atomic E-state index is 14.2. The molecule has 1 aromatic rings. The summed E-state index contributed by atoms with van der Waals surface area (Å²) in [7, 11) is 1.21. The molecular formula is C41H52O17. The largest absolute Gasteiger partial charge is 0.472 e. The molecule has 0 aromatic carbocycles. The van der Waals surface area contributed by atoms with Crippen molar-refractivity contribution in [2.45, 2.75) is 165 Å². The molecule has 4 bridgehead atoms. The van der Waals surface area contributed by atoms with E-state index in [0.717, 1.165) is 6.92 Å². The van der Waals surface area contributed by atoms with Gasteiger partial charge in [0.15, 0.2) is 28.5 Å². The Kier molecular flexibility index (Phi) is 7.83. The number of epoxide rings is 1. The van der Waals surface area contributed by atoms with Gasteiger partial charge in [-0.15, -0.1) is 0 Å². The highest BCUT2D eigenvalue weighted by molar-refractivity contribution is 5.83. The zero-order chi connectivity index (χ0) is 42.2. The smallest absolute Gasteiger partial charge is 0.341 e. The molecule has 58 heavy (non-hydrogen) atoms. The van der Waals surface area contributed by atoms with Gasteiger partial charge < -0.3 is 57.3 Å². The zero-order valence-corrected chi connectivity index (χ0v) is 34.3. The van der Waals surface area contributed by atoms with Crippen LogP contribution < -0.4 is 0 Å². The standard InChI is InChI=1S/C41H52O17/c1-11-19(2)28(45)52-24-15-33(6)27(22-12-13-50-17-22)53-26(44)16-38(33)41-30(51-21(4)42)39(48)29(54-31(46)34(7)20(3)55-34)32(5)18-37(39,47)35(8,23(32)14-25(43)49-10)40(24,41)57-36(9,56-38)58-41/h12-13,17,19-20,23-24,27,29-30,47-48H,11,14-16,18H2,1-10H3/t19?,20?,23-,24+,27-,29?,30+,32?,33-,34?,35+,36?,37?,38?,39-,40?,41?/m0/s1. The molecule has 4 saturated carbocycles. The van der Waals surface area contributed by atoms with Gasteiger partial charge in [-0.2, -0.15) is 0 Å². The quantitative estimate of drug-likeness (QED) is 0.208. The first-order valence-electron chi connectivity index (χ1n) is 20.0. The normalized spacial score (nSPS) is 52.9. The molecule has 4 aliphatic heterocycles. The Morgan fingerprint density at radius 2 is 1.66 bits per heavy atom. The number of ether oxygens (including phenoxy) is 9. The van der Waals surface area contributed by atoms with Gasteiger partial charge in [0.2, 0.25) is 0 Å². The van der Waals surface area contributed by atoms with E-state index in [2.05, 4.69) is 0 Å². The van der Waals surface area contributed by atoms with E-state index in [0.29, 0.717) is 12.0 Å². The van der Waals surface area contributed by atoms with Crippen molar-refractivity contribution in [1.82, 2.24) is 0 Å². The molecule has 17 nitrogen and oxygen atoms in total. The molecule has 9 rings (SSSR count). The Bertz CT molecular complexity index is 2020. The van der Waals surface area contributed by atoms with Gasteiger partial charge in [0.1, 0.15) is 29.5 Å². The minimum Gasteiger partial charge on any atom is -0.472 e. The van der Waals surface area contributed by atoms with Gasteiger partial charge >= 0.3 is 29.8 Å². The summed E-state index contributed by atoms with van der Waals surface area (Å²) in [6.45, 7) is 14.3. The van der Waals surface area contributed by atoms with Gasteiger partial charge in [0.25, 0.3) is 5.97 Å². The summed E-state index contributed by atoms with van der Waals surface area (Å²) in [6.07, 6.45) is -5.16. The van der Waals surface area contributed by atoms with Crippen LogP contribution in [0.1, 0.15) is 106 Å². The van der Waals surface area contributed by atoms with Gasteiger partial charge in [0, 0.05) is 42.1 Å². The Hall–Kier alpha value is -3.61. The summed E-state index contributed by atoms with van der Waals surface area (Å²) in [5.41, 5.74) is -17.7. The van der Waals surface area contributed by atoms with Gasteiger partial charge in [-0.1, -0.05) is 34.6 Å². The van der Waals surface area contributed by atoms with E-state index >= 15 is 0 Å². The van der Waals surface area contributed by atoms with E-state index < -0.39 is 141 Å². The third kappa shape index (κ3) is 3.98. The Morgan fingerprint density at radius 3 is 2.24 bits per heavy atom. The second kappa shape index (κ2) is 11.4. The van der Waals surface area contributed by atoms with E-state index in [1.807, 2.05) is 6.92 Å². The van der Waals surface area contributed by atoms with Crippen molar-refractivity contribution in [3.05, 3.63) is 24.2 Å². The first-order valence-corrected chi connectivity index (χ1v) is 20.0. The number of hydrogen-bond acceptors (Lipinski definition) is 17. The lowest BCUT2D eigenvalue weighted by molar-refractivity contribution is -0.479. The van der Waals surface area contributed by atoms with E-state index in [9.17, 15) is 34.2 Å². The monoisotopic (exact) mass is 816 g/mol. The molecule has 8 aliphatic rings. The van der Waals surface area contributed by atoms with E-state index in [4.69, 9.17) is 47.0 Å². The fourth-order valence-electron chi connectivity index (χ4n) is 13.6. The summed E-state index contributed by atoms with van der Waals surface area (Å²) in [4.78, 5) is 70.0. The van der Waals surface area contributed by atoms with Crippen LogP contribution in [0.2, 0.25) is 0 Å². The molecule has 0 radical (unpaired) electrons. The average molecular weight is 817 g/mol. The fourth-order valence-corrected chi connectivity index (χ4v) is 13.6. The van der Waals surface area contributed by atoms with Crippen molar-refractivity contribution in [1.29, 1.82) is 0 Å². The highest BCUT2D eigenvalue weighted by atomic mass is 17.0. The second-order valence-corrected chi connectivity index (χ2v) is 19.0. The average Bonchev–Trinajstić information content (AvgIpc) is 3.60. The number of methoxy groups -OCH3 is 1. The van der Waals surface area contributed by atoms with Crippen molar-refractivity contribution < 1.29 is 81.2 Å². The lowest BCUT2D eigenvalue weighted by Gasteiger charge is -2.79. The Balaban J connectivity index is 1.40. The summed E-state index contributed by atoms with van der Waals surface area (Å²) >= 11 is 0. The topological polar surface area (TPSA) is 225 Å². The lowest BCUT2D eigenvalue weighted by Crippen LogP contribution is -2.99. The molecule has 318 valence electrons. The van der Waals surface area contributed by atoms with Crippen LogP contribution in [0.3, 0.4) is 0 Å². The number of hydrogen-bond donors (Lipinski definition) is 2. The van der Waals surface area contributed by atoms with Crippen LogP contribution in [-0.4, -0.2) is 111 Å². The number of rotatable bonds is 9. The molecule has 8 fully saturated rings. The van der Waals surface area contributed by atoms with Crippen LogP contribution in [0.4, 0.5) is 0 Å². The molecule has 2 spiro atoms. The molecule has 1 aromatic heterocycles. The molecule has 17 atom stereocenters. The number of carbonyl (C=O) groups excluding carboxylic acids is 5. The lowest BCUT2D eigenvalue weighted by atomic mass is 9.31. The van der Waals surface area contributed by atoms with E-state index in [-0.39, 0.29) is 12.8 Å². The first kappa shape index (κ1) is 39.8. The molecule has 17 heteroatoms. The first-order chi connectivity index (χ1) is 26.9. The van der Waals surface area contributed by atoms with Crippen LogP contribution in [-0.2, 0) is 66.6 Å². The molecule has 4 saturated heterocycles. The summed E-state index contributed by atoms with van der Waals surface area (Å²) in [6, 6.07) is 1.62. The number of aliphatic hydroxyl groups is 2. The molecule has 5 heterocycles. The van der Waals surface area contributed by atoms with E-state index in [1.54, 1.807) is 40.7 Å². The summed E-state index contributed by atoms with van der Waals surface area (Å²) in [5.74, 6) is -7.76. The van der Waals surface area contributed by atoms with Gasteiger partial charge in [-0.25, -0.2) is 4.79 Å². The summed E-state index contributed by atoms with van der Waals surface area (Å²) < 4.78 is 63.0. The number of fused-ring (bicyclic) bond motifs is 2. The van der Waals surface area contributed by atoms with Crippen LogP contribution in [0, 0.1) is 28.1 Å². The van der Waals surface area contributed by atoms with E-state index in [1.165, 1.54) is 33.5 Å². The van der Waals surface area contributed by atoms with Crippen LogP contribution in [0.5, 0.6) is 0 Å². The van der Waals surface area contributed by atoms with Gasteiger partial charge in [0.05, 0.1) is 38.1 Å². The highest BCUT2D eigenvalue weighted by Crippen LogP contribution is 2.89. The molecular weight excluding hydrogens is 764 g/mol. The van der Waals surface area contributed by atoms with Crippen LogP contribution in [0.15, 0.2) is 23.0 Å². The Morgan fingerprint density at radius 1 is 0.983 bits per heavy atom. The fraction of sp³-hybridized carbons (Fsp3) is 0.780. The predicted molar refractivity (Wildman–Crippen MR) is 189 cm³/mol. The zero-order valence-electron chi connectivity index (χ0n) is 34.3. The van der Waals surface area contributed by atoms with Gasteiger partial charge in [-0.3, -0.25) is 19.2 Å². The predicted octanol–water partition coefficient (Wildman–Crippen LogP) is 2.71. The number of carbonyl (C=O) groups is 5. The Labute approximate surface area is 334 Å². The SMILES string of the molecule is CCC(C)C(=O)O[C@@H]1C[C@@]2(C)[C@H](c3ccoc3)OC(=O)CC23OC2(C)OC34[C@H](OC(C)=O)[C@@]3(O)C(OC(=O)C5(C)OC5C)C5(C)CC3(O)[C@@](C)([C@H]5CC(=O)OC)C14O2. The van der Waals surface area contributed by atoms with Crippen molar-refractivity contribution in [2.75, 3.05) is 7.11 Å². The van der Waals surface area contributed by atoms with Gasteiger partial charge in [-0.05, 0) is 45.1 Å². The van der Waals surface area contributed by atoms with Crippen molar-refractivity contribution in [2.24, 2.45) is 28.1 Å². The van der Waals surface area contributed by atoms with Crippen LogP contribution in [0.25, 0.3) is 0 Å². The van der Waals surface area contributed by atoms with Crippen molar-refractivity contribution in [3.8, 4) is 0 Å². The third-order valence-corrected chi connectivity index (χ3v) is 16.4. The van der Waals surface area contributed by atoms with Crippen LogP contribution >= 0.6 is 0 Å². The maximum absolute atomic E-state index is 14.2.